The molecule has 1 heterocycles. The lowest BCUT2D eigenvalue weighted by Crippen LogP contribution is -2.21. The summed E-state index contributed by atoms with van der Waals surface area (Å²) >= 11 is 9.21. The van der Waals surface area contributed by atoms with Crippen LogP contribution in [0.15, 0.2) is 4.47 Å². The van der Waals surface area contributed by atoms with Crippen molar-refractivity contribution in [3.8, 4) is 0 Å². The van der Waals surface area contributed by atoms with Gasteiger partial charge in [0, 0.05) is 26.0 Å². The van der Waals surface area contributed by atoms with Gasteiger partial charge in [0.05, 0.1) is 15.9 Å². The zero-order valence-corrected chi connectivity index (χ0v) is 11.1. The number of hydrogen-bond acceptors (Lipinski definition) is 2. The van der Waals surface area contributed by atoms with Gasteiger partial charge in [0.25, 0.3) is 0 Å². The second-order valence-electron chi connectivity index (χ2n) is 3.40. The van der Waals surface area contributed by atoms with E-state index < -0.39 is 0 Å². The third-order valence-corrected chi connectivity index (χ3v) is 3.35. The Bertz CT molecular complexity index is 311. The third kappa shape index (κ3) is 2.72. The Morgan fingerprint density at radius 1 is 1.57 bits per heavy atom. The van der Waals surface area contributed by atoms with Gasteiger partial charge in [0.2, 0.25) is 0 Å². The monoisotopic (exact) mass is 279 g/mol. The molecule has 3 nitrogen and oxygen atoms in total. The van der Waals surface area contributed by atoms with Gasteiger partial charge in [-0.05, 0) is 29.9 Å². The maximum absolute atomic E-state index is 5.67. The average molecular weight is 281 g/mol. The molecule has 0 spiro atoms. The largest absolute Gasteiger partial charge is 0.299 e. The van der Waals surface area contributed by atoms with Crippen LogP contribution in [0.4, 0.5) is 0 Å². The minimum atomic E-state index is 0.658. The lowest BCUT2D eigenvalue weighted by molar-refractivity contribution is 0.336. The summed E-state index contributed by atoms with van der Waals surface area (Å²) in [6.07, 6.45) is 0. The zero-order chi connectivity index (χ0) is 10.7. The summed E-state index contributed by atoms with van der Waals surface area (Å²) in [6, 6.07) is 0. The lowest BCUT2D eigenvalue weighted by atomic mass is 10.3. The Balaban J connectivity index is 2.75. The highest BCUT2D eigenvalue weighted by molar-refractivity contribution is 9.10. The Morgan fingerprint density at radius 3 is 2.64 bits per heavy atom. The fourth-order valence-corrected chi connectivity index (χ4v) is 2.08. The highest BCUT2D eigenvalue weighted by Gasteiger charge is 2.11. The molecule has 1 aromatic rings. The molecule has 0 unspecified atom stereocenters. The van der Waals surface area contributed by atoms with Crippen LogP contribution in [-0.2, 0) is 13.6 Å². The van der Waals surface area contributed by atoms with E-state index in [0.29, 0.717) is 5.88 Å². The van der Waals surface area contributed by atoms with Crippen LogP contribution in [0.5, 0.6) is 0 Å². The standard InChI is InChI=1S/C9H15BrClN3/c1-7-9(10)8(14(3)12-7)6-13(2)5-4-11/h4-6H2,1-3H3. The van der Waals surface area contributed by atoms with Crippen molar-refractivity contribution in [3.05, 3.63) is 15.9 Å². The maximum Gasteiger partial charge on any atom is 0.0739 e. The summed E-state index contributed by atoms with van der Waals surface area (Å²) in [6.45, 7) is 3.75. The molecule has 0 aliphatic heterocycles. The van der Waals surface area contributed by atoms with Crippen LogP contribution < -0.4 is 0 Å². The van der Waals surface area contributed by atoms with Crippen LogP contribution in [0.1, 0.15) is 11.4 Å². The minimum Gasteiger partial charge on any atom is -0.299 e. The first kappa shape index (κ1) is 12.0. The third-order valence-electron chi connectivity index (χ3n) is 2.15. The van der Waals surface area contributed by atoms with E-state index in [2.05, 4.69) is 33.0 Å². The predicted octanol–water partition coefficient (Wildman–Crippen LogP) is 2.16. The molecule has 80 valence electrons. The number of aromatic nitrogens is 2. The summed E-state index contributed by atoms with van der Waals surface area (Å²) in [4.78, 5) is 2.17. The van der Waals surface area contributed by atoms with Gasteiger partial charge in [0.1, 0.15) is 0 Å². The minimum absolute atomic E-state index is 0.658. The number of halogens is 2. The van der Waals surface area contributed by atoms with Crippen molar-refractivity contribution in [2.75, 3.05) is 19.5 Å². The van der Waals surface area contributed by atoms with E-state index in [1.54, 1.807) is 0 Å². The fraction of sp³-hybridized carbons (Fsp3) is 0.667. The van der Waals surface area contributed by atoms with Crippen molar-refractivity contribution in [2.24, 2.45) is 7.05 Å². The van der Waals surface area contributed by atoms with Gasteiger partial charge in [-0.1, -0.05) is 0 Å². The lowest BCUT2D eigenvalue weighted by Gasteiger charge is -2.15. The molecule has 0 aliphatic rings. The number of alkyl halides is 1. The van der Waals surface area contributed by atoms with E-state index in [9.17, 15) is 0 Å². The van der Waals surface area contributed by atoms with Crippen LogP contribution in [0.25, 0.3) is 0 Å². The van der Waals surface area contributed by atoms with Crippen LogP contribution in [0, 0.1) is 6.92 Å². The molecule has 0 atom stereocenters. The zero-order valence-electron chi connectivity index (χ0n) is 8.72. The summed E-state index contributed by atoms with van der Waals surface area (Å²) < 4.78 is 3.01. The van der Waals surface area contributed by atoms with Gasteiger partial charge in [-0.15, -0.1) is 11.6 Å². The van der Waals surface area contributed by atoms with Crippen molar-refractivity contribution in [1.82, 2.24) is 14.7 Å². The molecule has 0 saturated carbocycles. The SMILES string of the molecule is Cc1nn(C)c(CN(C)CCCl)c1Br. The van der Waals surface area contributed by atoms with E-state index in [0.717, 1.165) is 23.3 Å². The number of rotatable bonds is 4. The highest BCUT2D eigenvalue weighted by atomic mass is 79.9. The molecular formula is C9H15BrClN3. The van der Waals surface area contributed by atoms with E-state index in [4.69, 9.17) is 11.6 Å². The van der Waals surface area contributed by atoms with Crippen LogP contribution in [0.3, 0.4) is 0 Å². The first-order chi connectivity index (χ1) is 6.56. The molecule has 0 saturated heterocycles. The molecule has 0 amide bonds. The van der Waals surface area contributed by atoms with E-state index in [1.807, 2.05) is 18.7 Å². The second kappa shape index (κ2) is 5.14. The Hall–Kier alpha value is -0.0600. The fourth-order valence-electron chi connectivity index (χ4n) is 1.33. The average Bonchev–Trinajstić information content (AvgIpc) is 2.33. The normalized spacial score (nSPS) is 11.3. The van der Waals surface area contributed by atoms with Gasteiger partial charge in [0.15, 0.2) is 0 Å². The van der Waals surface area contributed by atoms with Crippen LogP contribution in [0.2, 0.25) is 0 Å². The molecule has 1 aromatic heterocycles. The van der Waals surface area contributed by atoms with E-state index in [-0.39, 0.29) is 0 Å². The first-order valence-corrected chi connectivity index (χ1v) is 5.81. The Kier molecular flexibility index (Phi) is 4.41. The molecule has 5 heteroatoms. The predicted molar refractivity (Wildman–Crippen MR) is 62.7 cm³/mol. The summed E-state index contributed by atoms with van der Waals surface area (Å²) in [5.41, 5.74) is 2.22. The van der Waals surface area contributed by atoms with Gasteiger partial charge < -0.3 is 0 Å². The first-order valence-electron chi connectivity index (χ1n) is 4.48. The number of hydrogen-bond donors (Lipinski definition) is 0. The van der Waals surface area contributed by atoms with Gasteiger partial charge in [-0.3, -0.25) is 9.58 Å². The molecule has 1 rings (SSSR count). The van der Waals surface area contributed by atoms with Crippen molar-refractivity contribution in [3.63, 3.8) is 0 Å². The summed E-state index contributed by atoms with van der Waals surface area (Å²) in [5, 5.41) is 4.33. The molecule has 0 fully saturated rings. The van der Waals surface area contributed by atoms with E-state index >= 15 is 0 Å². The summed E-state index contributed by atoms with van der Waals surface area (Å²) in [5.74, 6) is 0.658. The Labute approximate surface area is 98.2 Å². The van der Waals surface area contributed by atoms with Crippen molar-refractivity contribution in [1.29, 1.82) is 0 Å². The quantitative estimate of drug-likeness (QED) is 0.788. The molecule has 0 aliphatic carbocycles. The van der Waals surface area contributed by atoms with Crippen molar-refractivity contribution < 1.29 is 0 Å². The number of nitrogens with zero attached hydrogens (tertiary/aromatic N) is 3. The molecule has 14 heavy (non-hydrogen) atoms. The van der Waals surface area contributed by atoms with E-state index in [1.165, 1.54) is 5.69 Å². The van der Waals surface area contributed by atoms with Crippen LogP contribution >= 0.6 is 27.5 Å². The topological polar surface area (TPSA) is 21.1 Å². The van der Waals surface area contributed by atoms with Crippen LogP contribution in [-0.4, -0.2) is 34.2 Å². The van der Waals surface area contributed by atoms with Crippen molar-refractivity contribution >= 4 is 27.5 Å². The molecule has 0 bridgehead atoms. The summed E-state index contributed by atoms with van der Waals surface area (Å²) in [7, 11) is 4.01. The molecule has 0 aromatic carbocycles. The van der Waals surface area contributed by atoms with Gasteiger partial charge in [-0.2, -0.15) is 5.10 Å². The number of aryl methyl sites for hydroxylation is 2. The molecule has 0 radical (unpaired) electrons. The van der Waals surface area contributed by atoms with Crippen molar-refractivity contribution in [2.45, 2.75) is 13.5 Å². The maximum atomic E-state index is 5.67. The van der Waals surface area contributed by atoms with Gasteiger partial charge in [-0.25, -0.2) is 0 Å². The molecule has 0 N–H and O–H groups in total. The Morgan fingerprint density at radius 2 is 2.21 bits per heavy atom. The second-order valence-corrected chi connectivity index (χ2v) is 4.57. The smallest absolute Gasteiger partial charge is 0.0739 e. The highest BCUT2D eigenvalue weighted by Crippen LogP contribution is 2.21. The molecular weight excluding hydrogens is 265 g/mol. The van der Waals surface area contributed by atoms with Gasteiger partial charge >= 0.3 is 0 Å².